The number of hydrogen-bond donors (Lipinski definition) is 2. The van der Waals surface area contributed by atoms with Gasteiger partial charge in [0.25, 0.3) is 0 Å². The molecule has 0 aromatic carbocycles. The van der Waals surface area contributed by atoms with E-state index in [9.17, 15) is 0 Å². The molecule has 2 nitrogen and oxygen atoms in total. The smallest absolute Gasteiger partial charge is 0.0277 e. The molecule has 2 rings (SSSR count). The van der Waals surface area contributed by atoms with Crippen LogP contribution in [-0.2, 0) is 0 Å². The molecule has 1 saturated heterocycles. The van der Waals surface area contributed by atoms with Crippen molar-refractivity contribution in [3.8, 4) is 0 Å². The lowest BCUT2D eigenvalue weighted by Gasteiger charge is -2.41. The summed E-state index contributed by atoms with van der Waals surface area (Å²) >= 11 is 0. The summed E-state index contributed by atoms with van der Waals surface area (Å²) in [5.74, 6) is 0. The van der Waals surface area contributed by atoms with Crippen LogP contribution in [0.15, 0.2) is 0 Å². The first kappa shape index (κ1) is 11.4. The predicted molar refractivity (Wildman–Crippen MR) is 65.1 cm³/mol. The Morgan fingerprint density at radius 3 is 2.33 bits per heavy atom. The van der Waals surface area contributed by atoms with Gasteiger partial charge < -0.3 is 10.6 Å². The maximum absolute atomic E-state index is 3.68. The maximum atomic E-state index is 3.68. The molecular weight excluding hydrogens is 184 g/mol. The topological polar surface area (TPSA) is 24.1 Å². The van der Waals surface area contributed by atoms with E-state index in [2.05, 4.69) is 24.5 Å². The Labute approximate surface area is 94.2 Å². The van der Waals surface area contributed by atoms with Gasteiger partial charge >= 0.3 is 0 Å². The van der Waals surface area contributed by atoms with E-state index in [0.717, 1.165) is 6.54 Å². The zero-order chi connectivity index (χ0) is 10.8. The minimum atomic E-state index is 0.359. The molecule has 15 heavy (non-hydrogen) atoms. The van der Waals surface area contributed by atoms with Crippen LogP contribution in [0.25, 0.3) is 0 Å². The molecule has 2 N–H and O–H groups in total. The molecule has 1 aliphatic heterocycles. The van der Waals surface area contributed by atoms with Crippen LogP contribution in [0.2, 0.25) is 0 Å². The largest absolute Gasteiger partial charge is 0.314 e. The van der Waals surface area contributed by atoms with Crippen molar-refractivity contribution in [3.63, 3.8) is 0 Å². The van der Waals surface area contributed by atoms with Crippen LogP contribution in [-0.4, -0.2) is 25.2 Å². The van der Waals surface area contributed by atoms with E-state index in [1.54, 1.807) is 0 Å². The van der Waals surface area contributed by atoms with Gasteiger partial charge in [0.1, 0.15) is 0 Å². The summed E-state index contributed by atoms with van der Waals surface area (Å²) in [7, 11) is 0. The Hall–Kier alpha value is -0.0800. The summed E-state index contributed by atoms with van der Waals surface area (Å²) in [6, 6.07) is 0. The van der Waals surface area contributed by atoms with Crippen molar-refractivity contribution in [2.24, 2.45) is 5.41 Å². The first-order valence-electron chi connectivity index (χ1n) is 6.58. The van der Waals surface area contributed by atoms with Gasteiger partial charge in [-0.1, -0.05) is 19.8 Å². The average Bonchev–Trinajstić information content (AvgIpc) is 2.16. The van der Waals surface area contributed by atoms with Gasteiger partial charge in [0.2, 0.25) is 0 Å². The third-order valence-electron chi connectivity index (χ3n) is 4.33. The lowest BCUT2D eigenvalue weighted by molar-refractivity contribution is 0.148. The normalized spacial score (nSPS) is 34.8. The van der Waals surface area contributed by atoms with E-state index in [-0.39, 0.29) is 0 Å². The molecule has 1 aliphatic carbocycles. The molecule has 2 aliphatic rings. The Balaban J connectivity index is 1.67. The molecule has 2 fully saturated rings. The van der Waals surface area contributed by atoms with Crippen LogP contribution in [0.3, 0.4) is 0 Å². The van der Waals surface area contributed by atoms with Crippen LogP contribution < -0.4 is 10.6 Å². The zero-order valence-electron chi connectivity index (χ0n) is 10.4. The van der Waals surface area contributed by atoms with Crippen LogP contribution in [0.5, 0.6) is 0 Å². The van der Waals surface area contributed by atoms with Crippen molar-refractivity contribution < 1.29 is 0 Å². The SMILES string of the molecule is CC1(CNCC2(C)CCCCN2)CCC1. The van der Waals surface area contributed by atoms with Crippen molar-refractivity contribution >= 4 is 0 Å². The lowest BCUT2D eigenvalue weighted by atomic mass is 9.70. The number of hydrogen-bond acceptors (Lipinski definition) is 2. The third kappa shape index (κ3) is 2.94. The van der Waals surface area contributed by atoms with Gasteiger partial charge in [0, 0.05) is 18.6 Å². The fraction of sp³-hybridized carbons (Fsp3) is 1.00. The molecular formula is C13H26N2. The van der Waals surface area contributed by atoms with Gasteiger partial charge in [-0.15, -0.1) is 0 Å². The fourth-order valence-corrected chi connectivity index (χ4v) is 2.87. The van der Waals surface area contributed by atoms with Gasteiger partial charge in [-0.25, -0.2) is 0 Å². The monoisotopic (exact) mass is 210 g/mol. The number of piperidine rings is 1. The number of nitrogens with one attached hydrogen (secondary N) is 2. The summed E-state index contributed by atoms with van der Waals surface area (Å²) in [5.41, 5.74) is 0.976. The second kappa shape index (κ2) is 4.42. The van der Waals surface area contributed by atoms with E-state index >= 15 is 0 Å². The molecule has 2 heteroatoms. The van der Waals surface area contributed by atoms with E-state index < -0.39 is 0 Å². The Kier molecular flexibility index (Phi) is 3.36. The molecule has 0 radical (unpaired) electrons. The van der Waals surface area contributed by atoms with Gasteiger partial charge in [-0.2, -0.15) is 0 Å². The summed E-state index contributed by atoms with van der Waals surface area (Å²) in [5, 5.41) is 7.33. The Bertz CT molecular complexity index is 203. The predicted octanol–water partition coefficient (Wildman–Crippen LogP) is 2.30. The third-order valence-corrected chi connectivity index (χ3v) is 4.33. The summed E-state index contributed by atoms with van der Waals surface area (Å²) in [6.07, 6.45) is 8.36. The minimum Gasteiger partial charge on any atom is -0.314 e. The van der Waals surface area contributed by atoms with Crippen molar-refractivity contribution in [1.82, 2.24) is 10.6 Å². The zero-order valence-corrected chi connectivity index (χ0v) is 10.4. The van der Waals surface area contributed by atoms with Crippen molar-refractivity contribution in [3.05, 3.63) is 0 Å². The molecule has 1 atom stereocenters. The fourth-order valence-electron chi connectivity index (χ4n) is 2.87. The van der Waals surface area contributed by atoms with E-state index in [0.29, 0.717) is 11.0 Å². The molecule has 0 aromatic rings. The van der Waals surface area contributed by atoms with Crippen molar-refractivity contribution in [1.29, 1.82) is 0 Å². The molecule has 0 amide bonds. The Morgan fingerprint density at radius 2 is 1.80 bits per heavy atom. The van der Waals surface area contributed by atoms with Gasteiger partial charge in [0.05, 0.1) is 0 Å². The van der Waals surface area contributed by atoms with Gasteiger partial charge in [0.15, 0.2) is 0 Å². The molecule has 1 saturated carbocycles. The number of rotatable bonds is 4. The van der Waals surface area contributed by atoms with Crippen molar-refractivity contribution in [2.75, 3.05) is 19.6 Å². The Morgan fingerprint density at radius 1 is 1.00 bits per heavy atom. The van der Waals surface area contributed by atoms with E-state index in [1.165, 1.54) is 51.6 Å². The highest BCUT2D eigenvalue weighted by Crippen LogP contribution is 2.39. The molecule has 88 valence electrons. The average molecular weight is 210 g/mol. The highest BCUT2D eigenvalue weighted by molar-refractivity contribution is 4.91. The van der Waals surface area contributed by atoms with Gasteiger partial charge in [-0.05, 0) is 44.6 Å². The summed E-state index contributed by atoms with van der Waals surface area (Å²) in [6.45, 7) is 8.34. The molecule has 1 heterocycles. The summed E-state index contributed by atoms with van der Waals surface area (Å²) in [4.78, 5) is 0. The quantitative estimate of drug-likeness (QED) is 0.744. The molecule has 0 bridgehead atoms. The van der Waals surface area contributed by atoms with E-state index in [1.807, 2.05) is 0 Å². The van der Waals surface area contributed by atoms with Crippen LogP contribution in [0.1, 0.15) is 52.4 Å². The minimum absolute atomic E-state index is 0.359. The van der Waals surface area contributed by atoms with Crippen LogP contribution in [0.4, 0.5) is 0 Å². The second-order valence-corrected chi connectivity index (χ2v) is 6.21. The van der Waals surface area contributed by atoms with Crippen molar-refractivity contribution in [2.45, 2.75) is 57.9 Å². The molecule has 0 spiro atoms. The molecule has 0 aromatic heterocycles. The first-order chi connectivity index (χ1) is 7.12. The van der Waals surface area contributed by atoms with Crippen LogP contribution >= 0.6 is 0 Å². The first-order valence-corrected chi connectivity index (χ1v) is 6.58. The maximum Gasteiger partial charge on any atom is 0.0277 e. The summed E-state index contributed by atoms with van der Waals surface area (Å²) < 4.78 is 0. The molecule has 1 unspecified atom stereocenters. The van der Waals surface area contributed by atoms with E-state index in [4.69, 9.17) is 0 Å². The van der Waals surface area contributed by atoms with Gasteiger partial charge in [-0.3, -0.25) is 0 Å². The lowest BCUT2D eigenvalue weighted by Crippen LogP contribution is -2.54. The second-order valence-electron chi connectivity index (χ2n) is 6.21. The highest BCUT2D eigenvalue weighted by atomic mass is 15.0. The highest BCUT2D eigenvalue weighted by Gasteiger charge is 2.32. The standard InChI is InChI=1S/C13H26N2/c1-12(6-5-7-12)10-14-11-13(2)8-3-4-9-15-13/h14-15H,3-11H2,1-2H3. The van der Waals surface area contributed by atoms with Crippen LogP contribution in [0, 0.1) is 5.41 Å².